The molecule has 3 N–H and O–H groups in total. The average Bonchev–Trinajstić information content (AvgIpc) is 2.77. The molecule has 1 aliphatic rings. The third kappa shape index (κ3) is 4.20. The number of aliphatic carboxylic acids is 1. The van der Waals surface area contributed by atoms with E-state index in [2.05, 4.69) is 21.2 Å². The molecule has 0 saturated carbocycles. The molecule has 3 aromatic rings. The molecule has 1 atom stereocenters. The van der Waals surface area contributed by atoms with Crippen LogP contribution in [0, 0.1) is 0 Å². The van der Waals surface area contributed by atoms with Crippen molar-refractivity contribution in [1.82, 2.24) is 9.88 Å². The summed E-state index contributed by atoms with van der Waals surface area (Å²) in [5.41, 5.74) is -1.64. The lowest BCUT2D eigenvalue weighted by molar-refractivity contribution is -0.138. The zero-order chi connectivity index (χ0) is 24.8. The fourth-order valence-corrected chi connectivity index (χ4v) is 4.31. The van der Waals surface area contributed by atoms with Crippen LogP contribution < -0.4 is 15.6 Å². The summed E-state index contributed by atoms with van der Waals surface area (Å²) in [5.74, 6) is -2.78. The van der Waals surface area contributed by atoms with E-state index in [0.29, 0.717) is 10.0 Å². The van der Waals surface area contributed by atoms with Crippen LogP contribution in [0.5, 0.6) is 11.5 Å². The summed E-state index contributed by atoms with van der Waals surface area (Å²) in [7, 11) is 0. The van der Waals surface area contributed by atoms with Crippen LogP contribution in [-0.2, 0) is 17.4 Å². The van der Waals surface area contributed by atoms with Crippen LogP contribution in [0.4, 0.5) is 13.2 Å². The fraction of sp³-hybridized carbons (Fsp3) is 0.227. The van der Waals surface area contributed by atoms with Crippen molar-refractivity contribution in [3.8, 4) is 11.5 Å². The van der Waals surface area contributed by atoms with E-state index < -0.39 is 53.1 Å². The van der Waals surface area contributed by atoms with Crippen molar-refractivity contribution in [1.29, 1.82) is 0 Å². The first-order valence-corrected chi connectivity index (χ1v) is 10.7. The molecule has 0 fully saturated rings. The number of carboxylic acid groups (broad SMARTS) is 1. The van der Waals surface area contributed by atoms with E-state index in [4.69, 9.17) is 9.84 Å². The molecule has 1 aromatic heterocycles. The standard InChI is InChI=1S/C22H16BrF3N2O6/c23-14-6-5-13-17-19(14)34-9-12(7-10-1-3-11(4-2-10)22(24,25)26)28(17)21(33)16(18(13)31)20(32)27-8-15(29)30/h1-6,12,31H,7-9H2,(H,27,32)(H,29,30). The number of hydrogen-bond donors (Lipinski definition) is 3. The van der Waals surface area contributed by atoms with Gasteiger partial charge in [-0.15, -0.1) is 0 Å². The van der Waals surface area contributed by atoms with Crippen molar-refractivity contribution in [2.45, 2.75) is 18.6 Å². The van der Waals surface area contributed by atoms with Gasteiger partial charge in [-0.1, -0.05) is 12.1 Å². The largest absolute Gasteiger partial charge is 0.506 e. The van der Waals surface area contributed by atoms with E-state index in [1.54, 1.807) is 6.07 Å². The van der Waals surface area contributed by atoms with Crippen LogP contribution in [0.25, 0.3) is 10.9 Å². The predicted molar refractivity (Wildman–Crippen MR) is 117 cm³/mol. The number of halogens is 4. The van der Waals surface area contributed by atoms with Crippen LogP contribution in [0.3, 0.4) is 0 Å². The summed E-state index contributed by atoms with van der Waals surface area (Å²) in [6, 6.07) is 6.76. The molecular weight excluding hydrogens is 525 g/mol. The number of rotatable bonds is 5. The molecule has 1 aliphatic heterocycles. The summed E-state index contributed by atoms with van der Waals surface area (Å²) in [5, 5.41) is 21.7. The molecular formula is C22H16BrF3N2O6. The highest BCUT2D eigenvalue weighted by atomic mass is 79.9. The van der Waals surface area contributed by atoms with Crippen molar-refractivity contribution in [2.75, 3.05) is 13.2 Å². The molecule has 34 heavy (non-hydrogen) atoms. The predicted octanol–water partition coefficient (Wildman–Crippen LogP) is 3.48. The number of amides is 1. The summed E-state index contributed by atoms with van der Waals surface area (Å²) in [6.07, 6.45) is -4.39. The number of carbonyl (C=O) groups is 2. The number of hydrogen-bond acceptors (Lipinski definition) is 5. The van der Waals surface area contributed by atoms with Gasteiger partial charge in [-0.25, -0.2) is 0 Å². The minimum Gasteiger partial charge on any atom is -0.506 e. The second-order valence-electron chi connectivity index (χ2n) is 7.61. The van der Waals surface area contributed by atoms with Crippen LogP contribution in [0.15, 0.2) is 45.7 Å². The molecule has 178 valence electrons. The molecule has 1 amide bonds. The number of pyridine rings is 1. The number of carboxylic acids is 1. The Balaban J connectivity index is 1.84. The number of nitrogens with one attached hydrogen (secondary N) is 1. The number of benzene rings is 2. The van der Waals surface area contributed by atoms with Gasteiger partial charge < -0.3 is 20.3 Å². The van der Waals surface area contributed by atoms with E-state index in [0.717, 1.165) is 12.1 Å². The number of aromatic nitrogens is 1. The number of alkyl halides is 3. The van der Waals surface area contributed by atoms with Gasteiger partial charge in [0.15, 0.2) is 5.75 Å². The number of carbonyl (C=O) groups excluding carboxylic acids is 1. The van der Waals surface area contributed by atoms with Crippen molar-refractivity contribution >= 4 is 38.7 Å². The average molecular weight is 541 g/mol. The molecule has 8 nitrogen and oxygen atoms in total. The van der Waals surface area contributed by atoms with Gasteiger partial charge in [0.25, 0.3) is 11.5 Å². The lowest BCUT2D eigenvalue weighted by Crippen LogP contribution is -2.39. The lowest BCUT2D eigenvalue weighted by atomic mass is 10.0. The van der Waals surface area contributed by atoms with Crippen LogP contribution >= 0.6 is 15.9 Å². The quantitative estimate of drug-likeness (QED) is 0.456. The fourth-order valence-electron chi connectivity index (χ4n) is 3.88. The van der Waals surface area contributed by atoms with Gasteiger partial charge in [-0.2, -0.15) is 13.2 Å². The van der Waals surface area contributed by atoms with Crippen molar-refractivity contribution in [3.05, 3.63) is 67.9 Å². The van der Waals surface area contributed by atoms with Crippen molar-refractivity contribution in [3.63, 3.8) is 0 Å². The minimum absolute atomic E-state index is 0.0351. The van der Waals surface area contributed by atoms with Crippen LogP contribution in [0.1, 0.15) is 27.5 Å². The van der Waals surface area contributed by atoms with E-state index in [9.17, 15) is 32.7 Å². The molecule has 0 bridgehead atoms. The van der Waals surface area contributed by atoms with E-state index >= 15 is 0 Å². The first-order valence-electron chi connectivity index (χ1n) is 9.87. The third-order valence-electron chi connectivity index (χ3n) is 5.41. The molecule has 12 heteroatoms. The molecule has 2 aromatic carbocycles. The Labute approximate surface area is 197 Å². The number of nitrogens with zero attached hydrogens (tertiary/aromatic N) is 1. The summed E-state index contributed by atoms with van der Waals surface area (Å²) in [4.78, 5) is 36.8. The SMILES string of the molecule is O=C(O)CNC(=O)c1c(O)c2ccc(Br)c3c2n(c1=O)C(Cc1ccc(C(F)(F)F)cc1)CO3. The van der Waals surface area contributed by atoms with Gasteiger partial charge in [-0.05, 0) is 52.2 Å². The van der Waals surface area contributed by atoms with Crippen LogP contribution in [-0.4, -0.2) is 39.8 Å². The number of ether oxygens (including phenoxy) is 1. The summed E-state index contributed by atoms with van der Waals surface area (Å²) >= 11 is 3.32. The Kier molecular flexibility index (Phi) is 6.02. The van der Waals surface area contributed by atoms with Crippen molar-refractivity contribution < 1.29 is 37.7 Å². The second-order valence-corrected chi connectivity index (χ2v) is 8.47. The molecule has 0 saturated heterocycles. The summed E-state index contributed by atoms with van der Waals surface area (Å²) in [6.45, 7) is -0.800. The van der Waals surface area contributed by atoms with Crippen molar-refractivity contribution in [2.24, 2.45) is 0 Å². The van der Waals surface area contributed by atoms with Gasteiger partial charge in [0.05, 0.1) is 21.6 Å². The van der Waals surface area contributed by atoms with Gasteiger partial charge in [0, 0.05) is 5.39 Å². The van der Waals surface area contributed by atoms with E-state index in [1.165, 1.54) is 22.8 Å². The first kappa shape index (κ1) is 23.6. The molecule has 0 aliphatic carbocycles. The second kappa shape index (κ2) is 8.67. The molecule has 4 rings (SSSR count). The summed E-state index contributed by atoms with van der Waals surface area (Å²) < 4.78 is 46.2. The maximum Gasteiger partial charge on any atom is 0.416 e. The highest BCUT2D eigenvalue weighted by Gasteiger charge is 2.33. The smallest absolute Gasteiger partial charge is 0.416 e. The Morgan fingerprint density at radius 1 is 1.18 bits per heavy atom. The normalized spacial score (nSPS) is 15.1. The maximum atomic E-state index is 13.4. The molecule has 0 spiro atoms. The zero-order valence-corrected chi connectivity index (χ0v) is 18.7. The van der Waals surface area contributed by atoms with Gasteiger partial charge in [0.2, 0.25) is 0 Å². The maximum absolute atomic E-state index is 13.4. The highest BCUT2D eigenvalue weighted by Crippen LogP contribution is 2.42. The van der Waals surface area contributed by atoms with Crippen LogP contribution in [0.2, 0.25) is 0 Å². The van der Waals surface area contributed by atoms with Gasteiger partial charge in [-0.3, -0.25) is 19.0 Å². The number of aromatic hydroxyl groups is 1. The zero-order valence-electron chi connectivity index (χ0n) is 17.1. The Morgan fingerprint density at radius 2 is 1.85 bits per heavy atom. The highest BCUT2D eigenvalue weighted by molar-refractivity contribution is 9.10. The first-order chi connectivity index (χ1) is 16.0. The Bertz CT molecular complexity index is 1370. The molecule has 1 unspecified atom stereocenters. The lowest BCUT2D eigenvalue weighted by Gasteiger charge is -2.30. The molecule has 0 radical (unpaired) electrons. The topological polar surface area (TPSA) is 118 Å². The van der Waals surface area contributed by atoms with Gasteiger partial charge in [0.1, 0.15) is 24.5 Å². The van der Waals surface area contributed by atoms with E-state index in [1.807, 2.05) is 0 Å². The Hall–Kier alpha value is -3.54. The monoisotopic (exact) mass is 540 g/mol. The molecule has 2 heterocycles. The van der Waals surface area contributed by atoms with Gasteiger partial charge >= 0.3 is 12.1 Å². The third-order valence-corrected chi connectivity index (χ3v) is 6.04. The minimum atomic E-state index is -4.49. The Morgan fingerprint density at radius 3 is 2.47 bits per heavy atom. The van der Waals surface area contributed by atoms with E-state index in [-0.39, 0.29) is 29.7 Å².